The lowest BCUT2D eigenvalue weighted by Crippen LogP contribution is -2.09. The largest absolute Gasteiger partial charge is 0.383 e. The van der Waals surface area contributed by atoms with Gasteiger partial charge in [-0.2, -0.15) is 0 Å². The fraction of sp³-hybridized carbons (Fsp3) is 0.0278. The monoisotopic (exact) mass is 503 g/mol. The molecule has 0 spiro atoms. The highest BCUT2D eigenvalue weighted by atomic mass is 16.3. The number of hydrogen-bond donors (Lipinski definition) is 1. The van der Waals surface area contributed by atoms with Crippen LogP contribution in [0.2, 0.25) is 0 Å². The van der Waals surface area contributed by atoms with E-state index in [1.807, 2.05) is 84.9 Å². The first-order valence-electron chi connectivity index (χ1n) is 13.1. The molecule has 1 atom stereocenters. The molecule has 3 nitrogen and oxygen atoms in total. The van der Waals surface area contributed by atoms with E-state index in [4.69, 9.17) is 0 Å². The zero-order valence-electron chi connectivity index (χ0n) is 21.2. The summed E-state index contributed by atoms with van der Waals surface area (Å²) in [5.41, 5.74) is 5.80. The molecule has 7 rings (SSSR count). The van der Waals surface area contributed by atoms with Crippen molar-refractivity contribution < 1.29 is 9.90 Å². The van der Waals surface area contributed by atoms with Crippen LogP contribution in [-0.2, 0) is 0 Å². The predicted octanol–water partition coefficient (Wildman–Crippen LogP) is 8.78. The van der Waals surface area contributed by atoms with Crippen LogP contribution in [0, 0.1) is 0 Å². The number of carbonyl (C=O) groups is 1. The molecular weight excluding hydrogens is 478 g/mol. The number of aliphatic hydroxyl groups is 1. The number of carbonyl (C=O) groups excluding carboxylic acids is 1. The summed E-state index contributed by atoms with van der Waals surface area (Å²) in [6.07, 6.45) is 0.895. The number of hydrogen-bond acceptors (Lipinski definition) is 3. The summed E-state index contributed by atoms with van der Waals surface area (Å²) in [5, 5.41) is 15.2. The highest BCUT2D eigenvalue weighted by Crippen LogP contribution is 2.40. The van der Waals surface area contributed by atoms with Gasteiger partial charge >= 0.3 is 0 Å². The van der Waals surface area contributed by atoms with Gasteiger partial charge in [0, 0.05) is 28.2 Å². The van der Waals surface area contributed by atoms with Crippen molar-refractivity contribution in [1.29, 1.82) is 0 Å². The van der Waals surface area contributed by atoms with E-state index in [0.29, 0.717) is 16.7 Å². The lowest BCUT2D eigenvalue weighted by atomic mass is 10.0. The maximum absolute atomic E-state index is 13.3. The Morgan fingerprint density at radius 3 is 1.82 bits per heavy atom. The predicted molar refractivity (Wildman–Crippen MR) is 160 cm³/mol. The number of nitrogens with zero attached hydrogens (tertiary/aromatic N) is 1. The Bertz CT molecular complexity index is 1850. The second kappa shape index (κ2) is 9.39. The molecule has 0 heterocycles. The Hall–Kier alpha value is -4.99. The topological polar surface area (TPSA) is 40.5 Å². The number of fused-ring (bicyclic) bond motifs is 3. The van der Waals surface area contributed by atoms with Crippen LogP contribution in [0.5, 0.6) is 0 Å². The molecule has 0 radical (unpaired) electrons. The van der Waals surface area contributed by atoms with Crippen LogP contribution in [0.4, 0.5) is 17.1 Å². The molecule has 0 aliphatic heterocycles. The molecule has 0 fully saturated rings. The van der Waals surface area contributed by atoms with Gasteiger partial charge in [0.2, 0.25) is 0 Å². The van der Waals surface area contributed by atoms with Crippen molar-refractivity contribution in [2.24, 2.45) is 0 Å². The summed E-state index contributed by atoms with van der Waals surface area (Å²) >= 11 is 0. The second-order valence-corrected chi connectivity index (χ2v) is 9.92. The molecular formula is C36H25NO2. The molecule has 0 amide bonds. The van der Waals surface area contributed by atoms with E-state index >= 15 is 0 Å². The molecule has 6 aromatic rings. The van der Waals surface area contributed by atoms with Crippen LogP contribution in [0.25, 0.3) is 27.6 Å². The zero-order chi connectivity index (χ0) is 26.3. The normalized spacial score (nSPS) is 15.7. The molecule has 1 N–H and O–H groups in total. The van der Waals surface area contributed by atoms with Crippen LogP contribution >= 0.6 is 0 Å². The molecule has 0 saturated heterocycles. The van der Waals surface area contributed by atoms with Crippen molar-refractivity contribution in [1.82, 2.24) is 0 Å². The van der Waals surface area contributed by atoms with Crippen molar-refractivity contribution in [3.63, 3.8) is 0 Å². The first kappa shape index (κ1) is 23.2. The van der Waals surface area contributed by atoms with Crippen LogP contribution in [0.3, 0.4) is 0 Å². The van der Waals surface area contributed by atoms with Gasteiger partial charge < -0.3 is 10.0 Å². The standard InChI is InChI=1S/C36H25NO2/c38-35-32-22-25-9-7-8-10-26(25)23-33(32)36(39)34(35)20-24-15-16-28-21-31(18-17-27(28)19-24)37(29-11-3-1-4-12-29)30-13-5-2-6-14-30/h1-23,35,38H/b34-20-. The molecule has 186 valence electrons. The highest BCUT2D eigenvalue weighted by molar-refractivity contribution is 6.18. The molecule has 1 aliphatic rings. The van der Waals surface area contributed by atoms with Gasteiger partial charge in [0.15, 0.2) is 5.78 Å². The third-order valence-corrected chi connectivity index (χ3v) is 7.47. The Morgan fingerprint density at radius 2 is 1.13 bits per heavy atom. The number of Topliss-reactive ketones (excluding diaryl/α,β-unsaturated/α-hetero) is 1. The zero-order valence-corrected chi connectivity index (χ0v) is 21.2. The molecule has 0 bridgehead atoms. The maximum Gasteiger partial charge on any atom is 0.192 e. The minimum absolute atomic E-state index is 0.111. The SMILES string of the molecule is O=C1/C(=C\c2ccc3cc(N(c4ccccc4)c4ccccc4)ccc3c2)C(O)c2cc3ccccc3cc21. The maximum atomic E-state index is 13.3. The number of benzene rings is 6. The number of ketones is 1. The van der Waals surface area contributed by atoms with Gasteiger partial charge in [-0.05, 0) is 93.3 Å². The van der Waals surface area contributed by atoms with E-state index in [1.165, 1.54) is 0 Å². The van der Waals surface area contributed by atoms with E-state index in [9.17, 15) is 9.90 Å². The summed E-state index contributed by atoms with van der Waals surface area (Å²) in [7, 11) is 0. The first-order valence-corrected chi connectivity index (χ1v) is 13.1. The number of aliphatic hydroxyl groups excluding tert-OH is 1. The van der Waals surface area contributed by atoms with Crippen molar-refractivity contribution in [3.8, 4) is 0 Å². The van der Waals surface area contributed by atoms with Crippen LogP contribution < -0.4 is 4.90 Å². The van der Waals surface area contributed by atoms with Crippen molar-refractivity contribution >= 4 is 50.5 Å². The van der Waals surface area contributed by atoms with E-state index in [0.717, 1.165) is 44.2 Å². The summed E-state index contributed by atoms with van der Waals surface area (Å²) < 4.78 is 0. The average molecular weight is 504 g/mol. The fourth-order valence-electron chi connectivity index (χ4n) is 5.53. The van der Waals surface area contributed by atoms with Gasteiger partial charge in [-0.1, -0.05) is 78.9 Å². The minimum Gasteiger partial charge on any atom is -0.383 e. The third-order valence-electron chi connectivity index (χ3n) is 7.47. The lowest BCUT2D eigenvalue weighted by molar-refractivity contribution is 0.102. The molecule has 1 aliphatic carbocycles. The Labute approximate surface area is 226 Å². The Morgan fingerprint density at radius 1 is 0.564 bits per heavy atom. The summed E-state index contributed by atoms with van der Waals surface area (Å²) in [4.78, 5) is 15.5. The summed E-state index contributed by atoms with van der Waals surface area (Å²) in [6.45, 7) is 0. The van der Waals surface area contributed by atoms with Crippen molar-refractivity contribution in [3.05, 3.63) is 156 Å². The second-order valence-electron chi connectivity index (χ2n) is 9.92. The molecule has 1 unspecified atom stereocenters. The molecule has 6 aromatic carbocycles. The highest BCUT2D eigenvalue weighted by Gasteiger charge is 2.33. The smallest absolute Gasteiger partial charge is 0.192 e. The number of para-hydroxylation sites is 2. The van der Waals surface area contributed by atoms with Crippen LogP contribution in [0.15, 0.2) is 139 Å². The van der Waals surface area contributed by atoms with Gasteiger partial charge in [-0.25, -0.2) is 0 Å². The van der Waals surface area contributed by atoms with Gasteiger partial charge in [0.05, 0.1) is 0 Å². The minimum atomic E-state index is -0.930. The van der Waals surface area contributed by atoms with Gasteiger partial charge in [0.1, 0.15) is 6.10 Å². The van der Waals surface area contributed by atoms with Crippen molar-refractivity contribution in [2.75, 3.05) is 4.90 Å². The first-order chi connectivity index (χ1) is 19.2. The van der Waals surface area contributed by atoms with Gasteiger partial charge in [-0.3, -0.25) is 4.79 Å². The molecule has 0 aromatic heterocycles. The average Bonchev–Trinajstić information content (AvgIpc) is 3.21. The number of anilines is 3. The van der Waals surface area contributed by atoms with Crippen molar-refractivity contribution in [2.45, 2.75) is 6.10 Å². The van der Waals surface area contributed by atoms with E-state index < -0.39 is 6.10 Å². The summed E-state index contributed by atoms with van der Waals surface area (Å²) in [6, 6.07) is 45.0. The Balaban J connectivity index is 1.25. The quantitative estimate of drug-likeness (QED) is 0.244. The molecule has 3 heteroatoms. The van der Waals surface area contributed by atoms with Crippen LogP contribution in [-0.4, -0.2) is 10.9 Å². The number of rotatable bonds is 4. The lowest BCUT2D eigenvalue weighted by Gasteiger charge is -2.25. The van der Waals surface area contributed by atoms with E-state index in [-0.39, 0.29) is 5.78 Å². The van der Waals surface area contributed by atoms with Gasteiger partial charge in [0.25, 0.3) is 0 Å². The Kier molecular flexibility index (Phi) is 5.58. The van der Waals surface area contributed by atoms with E-state index in [1.54, 1.807) is 0 Å². The fourth-order valence-corrected chi connectivity index (χ4v) is 5.53. The van der Waals surface area contributed by atoms with Crippen LogP contribution in [0.1, 0.15) is 27.6 Å². The van der Waals surface area contributed by atoms with Gasteiger partial charge in [-0.15, -0.1) is 0 Å². The molecule has 39 heavy (non-hydrogen) atoms. The van der Waals surface area contributed by atoms with E-state index in [2.05, 4.69) is 59.5 Å². The molecule has 0 saturated carbocycles. The third kappa shape index (κ3) is 4.10. The summed E-state index contributed by atoms with van der Waals surface area (Å²) in [5.74, 6) is -0.111.